The van der Waals surface area contributed by atoms with Gasteiger partial charge in [-0.3, -0.25) is 0 Å². The first kappa shape index (κ1) is 22.1. The molecule has 0 heterocycles. The minimum Gasteiger partial charge on any atom is -0.449 e. The highest BCUT2D eigenvalue weighted by Crippen LogP contribution is 2.44. The molecule has 0 spiro atoms. The Morgan fingerprint density at radius 1 is 1.09 bits per heavy atom. The molecule has 5 N–H and O–H groups in total. The number of hydrogen-bond donors (Lipinski definition) is 4. The van der Waals surface area contributed by atoms with E-state index in [1.807, 2.05) is 36.4 Å². The number of nitrogen functional groups attached to an aromatic ring is 1. The lowest BCUT2D eigenvalue weighted by molar-refractivity contribution is 0.0185. The summed E-state index contributed by atoms with van der Waals surface area (Å²) in [6, 6.07) is 19.3. The Morgan fingerprint density at radius 3 is 2.28 bits per heavy atom. The van der Waals surface area contributed by atoms with Crippen LogP contribution in [0.1, 0.15) is 34.3 Å². The van der Waals surface area contributed by atoms with Crippen LogP contribution in [0.3, 0.4) is 0 Å². The van der Waals surface area contributed by atoms with E-state index in [4.69, 9.17) is 22.1 Å². The lowest BCUT2D eigenvalue weighted by atomic mass is 9.98. The standard InChI is InChI=1S/C25H25ClN2O4/c1-14-10-15(11-21(26)23(14)27)24(30)22(29)12-28-25(31)32-13-20-18-8-4-2-6-16(18)17-7-3-5-9-19(17)20/h2-11,20,22,24,29-30H,12-13,27H2,1H3,(H,28,31). The molecule has 4 rings (SSSR count). The third kappa shape index (κ3) is 4.30. The summed E-state index contributed by atoms with van der Waals surface area (Å²) in [5.41, 5.74) is 11.9. The number of hydrogen-bond acceptors (Lipinski definition) is 5. The first-order valence-electron chi connectivity index (χ1n) is 10.4. The number of nitrogens with one attached hydrogen (secondary N) is 1. The van der Waals surface area contributed by atoms with E-state index in [0.29, 0.717) is 21.8 Å². The largest absolute Gasteiger partial charge is 0.449 e. The summed E-state index contributed by atoms with van der Waals surface area (Å²) in [5.74, 6) is -0.0523. The van der Waals surface area contributed by atoms with Crippen LogP contribution >= 0.6 is 11.6 Å². The molecule has 0 aliphatic heterocycles. The van der Waals surface area contributed by atoms with Crippen LogP contribution in [-0.2, 0) is 4.74 Å². The van der Waals surface area contributed by atoms with Crippen molar-refractivity contribution in [2.24, 2.45) is 0 Å². The average molecular weight is 453 g/mol. The number of aryl methyl sites for hydroxylation is 1. The lowest BCUT2D eigenvalue weighted by Gasteiger charge is -2.20. The predicted molar refractivity (Wildman–Crippen MR) is 125 cm³/mol. The van der Waals surface area contributed by atoms with E-state index in [0.717, 1.165) is 22.3 Å². The van der Waals surface area contributed by atoms with Crippen LogP contribution in [0, 0.1) is 6.92 Å². The van der Waals surface area contributed by atoms with Gasteiger partial charge in [0.2, 0.25) is 0 Å². The molecule has 1 aliphatic rings. The Hall–Kier alpha value is -3.06. The number of benzene rings is 3. The van der Waals surface area contributed by atoms with Crippen LogP contribution in [0.25, 0.3) is 11.1 Å². The molecular formula is C25H25ClN2O4. The smallest absolute Gasteiger partial charge is 0.407 e. The zero-order valence-corrected chi connectivity index (χ0v) is 18.3. The number of amides is 1. The Morgan fingerprint density at radius 2 is 1.69 bits per heavy atom. The summed E-state index contributed by atoms with van der Waals surface area (Å²) in [4.78, 5) is 12.3. The van der Waals surface area contributed by atoms with Crippen LogP contribution in [0.2, 0.25) is 5.02 Å². The van der Waals surface area contributed by atoms with Gasteiger partial charge in [0.25, 0.3) is 0 Å². The number of nitrogens with two attached hydrogens (primary N) is 1. The molecular weight excluding hydrogens is 428 g/mol. The zero-order valence-electron chi connectivity index (χ0n) is 17.6. The Bertz CT molecular complexity index is 1080. The van der Waals surface area contributed by atoms with Crippen molar-refractivity contribution in [2.45, 2.75) is 25.0 Å². The fourth-order valence-corrected chi connectivity index (χ4v) is 4.40. The number of anilines is 1. The van der Waals surface area contributed by atoms with Gasteiger partial charge in [0.1, 0.15) is 18.8 Å². The molecule has 1 aliphatic carbocycles. The molecule has 32 heavy (non-hydrogen) atoms. The molecule has 0 fully saturated rings. The molecule has 0 bridgehead atoms. The molecule has 0 saturated carbocycles. The monoisotopic (exact) mass is 452 g/mol. The quantitative estimate of drug-likeness (QED) is 0.420. The summed E-state index contributed by atoms with van der Waals surface area (Å²) in [6.45, 7) is 1.75. The molecule has 1 amide bonds. The van der Waals surface area contributed by atoms with Crippen molar-refractivity contribution in [1.29, 1.82) is 0 Å². The molecule has 166 valence electrons. The van der Waals surface area contributed by atoms with E-state index in [1.54, 1.807) is 13.0 Å². The van der Waals surface area contributed by atoms with Crippen LogP contribution in [0.5, 0.6) is 0 Å². The van der Waals surface area contributed by atoms with Gasteiger partial charge in [-0.1, -0.05) is 66.2 Å². The summed E-state index contributed by atoms with van der Waals surface area (Å²) in [6.07, 6.45) is -3.14. The van der Waals surface area contributed by atoms with E-state index >= 15 is 0 Å². The van der Waals surface area contributed by atoms with Gasteiger partial charge in [-0.25, -0.2) is 4.79 Å². The number of rotatable bonds is 6. The normalized spacial score (nSPS) is 14.4. The molecule has 3 aromatic carbocycles. The number of ether oxygens (including phenoxy) is 1. The van der Waals surface area contributed by atoms with E-state index in [9.17, 15) is 15.0 Å². The number of carbonyl (C=O) groups is 1. The summed E-state index contributed by atoms with van der Waals surface area (Å²) in [5, 5.41) is 23.6. The van der Waals surface area contributed by atoms with Crippen LogP contribution in [0.4, 0.5) is 10.5 Å². The van der Waals surface area contributed by atoms with Crippen molar-refractivity contribution in [3.8, 4) is 11.1 Å². The number of fused-ring (bicyclic) bond motifs is 3. The van der Waals surface area contributed by atoms with Crippen molar-refractivity contribution in [2.75, 3.05) is 18.9 Å². The van der Waals surface area contributed by atoms with Crippen LogP contribution in [-0.4, -0.2) is 35.6 Å². The molecule has 2 unspecified atom stereocenters. The Balaban J connectivity index is 1.35. The minimum absolute atomic E-state index is 0.0523. The van der Waals surface area contributed by atoms with E-state index in [-0.39, 0.29) is 19.1 Å². The fraction of sp³-hybridized carbons (Fsp3) is 0.240. The number of aliphatic hydroxyl groups is 2. The highest BCUT2D eigenvalue weighted by atomic mass is 35.5. The highest BCUT2D eigenvalue weighted by molar-refractivity contribution is 6.33. The SMILES string of the molecule is Cc1cc(C(O)C(O)CNC(=O)OCC2c3ccccc3-c3ccccc32)cc(Cl)c1N. The molecule has 6 nitrogen and oxygen atoms in total. The molecule has 3 aromatic rings. The second-order valence-corrected chi connectivity index (χ2v) is 8.36. The van der Waals surface area contributed by atoms with Gasteiger partial charge in [-0.05, 0) is 46.4 Å². The second-order valence-electron chi connectivity index (χ2n) is 7.95. The Kier molecular flexibility index (Phi) is 6.37. The molecule has 0 saturated heterocycles. The Labute approximate surface area is 191 Å². The van der Waals surface area contributed by atoms with Gasteiger partial charge in [0.15, 0.2) is 0 Å². The first-order valence-corrected chi connectivity index (χ1v) is 10.7. The van der Waals surface area contributed by atoms with Crippen molar-refractivity contribution in [3.63, 3.8) is 0 Å². The summed E-state index contributed by atoms with van der Waals surface area (Å²) < 4.78 is 5.45. The average Bonchev–Trinajstić information content (AvgIpc) is 3.12. The van der Waals surface area contributed by atoms with Crippen molar-refractivity contribution >= 4 is 23.4 Å². The van der Waals surface area contributed by atoms with E-state index < -0.39 is 18.3 Å². The van der Waals surface area contributed by atoms with Gasteiger partial charge < -0.3 is 26.0 Å². The number of alkyl carbamates (subject to hydrolysis) is 1. The number of carbonyl (C=O) groups excluding carboxylic acids is 1. The third-order valence-electron chi connectivity index (χ3n) is 5.86. The molecule has 7 heteroatoms. The summed E-state index contributed by atoms with van der Waals surface area (Å²) >= 11 is 6.06. The fourth-order valence-electron chi connectivity index (χ4n) is 4.12. The molecule has 2 atom stereocenters. The van der Waals surface area contributed by atoms with E-state index in [1.165, 1.54) is 6.07 Å². The minimum atomic E-state index is -1.24. The van der Waals surface area contributed by atoms with Crippen molar-refractivity contribution < 1.29 is 19.7 Å². The number of aliphatic hydroxyl groups excluding tert-OH is 2. The lowest BCUT2D eigenvalue weighted by Crippen LogP contribution is -2.36. The van der Waals surface area contributed by atoms with Crippen molar-refractivity contribution in [1.82, 2.24) is 5.32 Å². The van der Waals surface area contributed by atoms with Gasteiger partial charge >= 0.3 is 6.09 Å². The topological polar surface area (TPSA) is 105 Å². The van der Waals surface area contributed by atoms with E-state index in [2.05, 4.69) is 17.4 Å². The van der Waals surface area contributed by atoms with Crippen LogP contribution < -0.4 is 11.1 Å². The third-order valence-corrected chi connectivity index (χ3v) is 6.18. The van der Waals surface area contributed by atoms with Gasteiger partial charge in [-0.15, -0.1) is 0 Å². The number of halogens is 1. The maximum Gasteiger partial charge on any atom is 0.407 e. The maximum absolute atomic E-state index is 12.3. The predicted octanol–water partition coefficient (Wildman–Crippen LogP) is 4.16. The van der Waals surface area contributed by atoms with Gasteiger partial charge in [0.05, 0.1) is 10.7 Å². The highest BCUT2D eigenvalue weighted by Gasteiger charge is 2.29. The van der Waals surface area contributed by atoms with Crippen LogP contribution in [0.15, 0.2) is 60.7 Å². The second kappa shape index (κ2) is 9.20. The summed E-state index contributed by atoms with van der Waals surface area (Å²) in [7, 11) is 0. The molecule has 0 aromatic heterocycles. The zero-order chi connectivity index (χ0) is 22.8. The van der Waals surface area contributed by atoms with Gasteiger partial charge in [-0.2, -0.15) is 0 Å². The first-order chi connectivity index (χ1) is 15.4. The maximum atomic E-state index is 12.3. The van der Waals surface area contributed by atoms with Gasteiger partial charge in [0, 0.05) is 12.5 Å². The van der Waals surface area contributed by atoms with Crippen molar-refractivity contribution in [3.05, 3.63) is 87.9 Å². The molecule has 0 radical (unpaired) electrons.